The molecule has 0 spiro atoms. The number of carbonyl (C=O) groups is 1. The van der Waals surface area contributed by atoms with Crippen molar-refractivity contribution >= 4 is 18.3 Å². The van der Waals surface area contributed by atoms with E-state index in [0.29, 0.717) is 6.54 Å². The smallest absolute Gasteiger partial charge is 0.239 e. The second-order valence-corrected chi connectivity index (χ2v) is 4.64. The molecular weight excluding hydrogens is 254 g/mol. The van der Waals surface area contributed by atoms with Gasteiger partial charge in [-0.25, -0.2) is 0 Å². The second-order valence-electron chi connectivity index (χ2n) is 4.64. The summed E-state index contributed by atoms with van der Waals surface area (Å²) in [7, 11) is 0. The third-order valence-electron chi connectivity index (χ3n) is 2.62. The molecule has 104 valence electrons. The molecule has 5 nitrogen and oxygen atoms in total. The summed E-state index contributed by atoms with van der Waals surface area (Å²) in [6, 6.07) is 0. The molecule has 0 bridgehead atoms. The minimum Gasteiger partial charge on any atom is -0.361 e. The molecule has 0 radical (unpaired) electrons. The van der Waals surface area contributed by atoms with Crippen molar-refractivity contribution in [2.24, 2.45) is 5.73 Å². The molecule has 0 fully saturated rings. The number of nitrogens with one attached hydrogen (secondary N) is 1. The van der Waals surface area contributed by atoms with Crippen molar-refractivity contribution in [2.75, 3.05) is 0 Å². The van der Waals surface area contributed by atoms with E-state index in [9.17, 15) is 4.79 Å². The Hall–Kier alpha value is -1.07. The van der Waals surface area contributed by atoms with Crippen LogP contribution in [0.4, 0.5) is 0 Å². The van der Waals surface area contributed by atoms with Crippen molar-refractivity contribution in [2.45, 2.75) is 52.6 Å². The van der Waals surface area contributed by atoms with Gasteiger partial charge in [-0.3, -0.25) is 4.79 Å². The van der Waals surface area contributed by atoms with Crippen LogP contribution in [0, 0.1) is 0 Å². The summed E-state index contributed by atoms with van der Waals surface area (Å²) in [5.41, 5.74) is 6.72. The van der Waals surface area contributed by atoms with E-state index in [1.54, 1.807) is 13.8 Å². The number of nitrogens with zero attached hydrogens (tertiary/aromatic N) is 1. The van der Waals surface area contributed by atoms with Crippen molar-refractivity contribution in [1.82, 2.24) is 10.5 Å². The van der Waals surface area contributed by atoms with Crippen LogP contribution in [0.2, 0.25) is 0 Å². The summed E-state index contributed by atoms with van der Waals surface area (Å²) in [4.78, 5) is 11.7. The highest BCUT2D eigenvalue weighted by Crippen LogP contribution is 2.15. The van der Waals surface area contributed by atoms with E-state index in [4.69, 9.17) is 10.3 Å². The summed E-state index contributed by atoms with van der Waals surface area (Å²) in [5.74, 6) is 0.653. The number of hydrogen-bond donors (Lipinski definition) is 2. The molecule has 0 aliphatic heterocycles. The Kier molecular flexibility index (Phi) is 6.35. The fourth-order valence-corrected chi connectivity index (χ4v) is 1.53. The Morgan fingerprint density at radius 2 is 2.00 bits per heavy atom. The van der Waals surface area contributed by atoms with Crippen LogP contribution in [-0.4, -0.2) is 16.6 Å². The van der Waals surface area contributed by atoms with Crippen LogP contribution in [0.25, 0.3) is 0 Å². The maximum Gasteiger partial charge on any atom is 0.239 e. The van der Waals surface area contributed by atoms with Crippen LogP contribution in [0.5, 0.6) is 0 Å². The zero-order valence-corrected chi connectivity index (χ0v) is 12.2. The standard InChI is InChI=1S/C12H21N3O2.ClH/c1-5-9-8(10(6-2)17-15-9)7-14-11(16)12(3,4)13;/h5-7,13H2,1-4H3,(H,14,16);1H. The molecule has 0 aliphatic carbocycles. The Labute approximate surface area is 114 Å². The topological polar surface area (TPSA) is 81.2 Å². The van der Waals surface area contributed by atoms with E-state index in [2.05, 4.69) is 10.5 Å². The number of amides is 1. The fraction of sp³-hybridized carbons (Fsp3) is 0.667. The molecule has 1 aromatic heterocycles. The molecule has 3 N–H and O–H groups in total. The van der Waals surface area contributed by atoms with Gasteiger partial charge in [0.2, 0.25) is 5.91 Å². The molecule has 1 amide bonds. The largest absolute Gasteiger partial charge is 0.361 e. The average molecular weight is 276 g/mol. The zero-order valence-electron chi connectivity index (χ0n) is 11.4. The van der Waals surface area contributed by atoms with Crippen molar-refractivity contribution in [3.05, 3.63) is 17.0 Å². The number of nitrogens with two attached hydrogens (primary N) is 1. The minimum absolute atomic E-state index is 0. The Balaban J connectivity index is 0.00000289. The van der Waals surface area contributed by atoms with Gasteiger partial charge in [-0.15, -0.1) is 12.4 Å². The molecular formula is C12H22ClN3O2. The first-order valence-corrected chi connectivity index (χ1v) is 5.93. The third kappa shape index (κ3) is 3.99. The summed E-state index contributed by atoms with van der Waals surface area (Å²) in [6.07, 6.45) is 1.56. The van der Waals surface area contributed by atoms with Crippen molar-refractivity contribution in [3.63, 3.8) is 0 Å². The molecule has 18 heavy (non-hydrogen) atoms. The molecule has 0 aromatic carbocycles. The lowest BCUT2D eigenvalue weighted by Gasteiger charge is -2.17. The van der Waals surface area contributed by atoms with Gasteiger partial charge in [-0.2, -0.15) is 0 Å². The maximum absolute atomic E-state index is 11.7. The van der Waals surface area contributed by atoms with Gasteiger partial charge in [0, 0.05) is 18.5 Å². The molecule has 6 heteroatoms. The average Bonchev–Trinajstić information content (AvgIpc) is 2.66. The van der Waals surface area contributed by atoms with Gasteiger partial charge < -0.3 is 15.6 Å². The van der Waals surface area contributed by atoms with E-state index in [1.165, 1.54) is 0 Å². The molecule has 0 saturated heterocycles. The quantitative estimate of drug-likeness (QED) is 0.855. The lowest BCUT2D eigenvalue weighted by Crippen LogP contribution is -2.48. The van der Waals surface area contributed by atoms with Gasteiger partial charge in [0.25, 0.3) is 0 Å². The highest BCUT2D eigenvalue weighted by molar-refractivity contribution is 5.85. The Bertz CT molecular complexity index is 375. The first-order valence-electron chi connectivity index (χ1n) is 5.93. The number of aromatic nitrogens is 1. The van der Waals surface area contributed by atoms with Gasteiger partial charge >= 0.3 is 0 Å². The van der Waals surface area contributed by atoms with E-state index < -0.39 is 5.54 Å². The fourth-order valence-electron chi connectivity index (χ4n) is 1.53. The van der Waals surface area contributed by atoms with Crippen molar-refractivity contribution in [3.8, 4) is 0 Å². The molecule has 1 aromatic rings. The van der Waals surface area contributed by atoms with Gasteiger partial charge in [0.1, 0.15) is 5.76 Å². The van der Waals surface area contributed by atoms with Crippen LogP contribution in [0.3, 0.4) is 0 Å². The predicted octanol–water partition coefficient (Wildman–Crippen LogP) is 1.57. The van der Waals surface area contributed by atoms with Crippen LogP contribution in [0.1, 0.15) is 44.7 Å². The summed E-state index contributed by atoms with van der Waals surface area (Å²) >= 11 is 0. The number of halogens is 1. The summed E-state index contributed by atoms with van der Waals surface area (Å²) in [5, 5.41) is 6.80. The third-order valence-corrected chi connectivity index (χ3v) is 2.62. The van der Waals surface area contributed by atoms with E-state index >= 15 is 0 Å². The highest BCUT2D eigenvalue weighted by Gasteiger charge is 2.22. The second kappa shape index (κ2) is 6.75. The normalized spacial score (nSPS) is 10.9. The monoisotopic (exact) mass is 275 g/mol. The Morgan fingerprint density at radius 1 is 1.39 bits per heavy atom. The van der Waals surface area contributed by atoms with Crippen molar-refractivity contribution < 1.29 is 9.32 Å². The first-order chi connectivity index (χ1) is 7.90. The van der Waals surface area contributed by atoms with Gasteiger partial charge in [-0.05, 0) is 20.3 Å². The number of carbonyl (C=O) groups excluding carboxylic acids is 1. The number of rotatable bonds is 5. The molecule has 1 rings (SSSR count). The molecule has 0 atom stereocenters. The SMILES string of the molecule is CCc1noc(CC)c1CNC(=O)C(C)(C)N.Cl. The van der Waals surface area contributed by atoms with E-state index in [1.807, 2.05) is 13.8 Å². The number of aryl methyl sites for hydroxylation is 2. The lowest BCUT2D eigenvalue weighted by atomic mass is 10.1. The van der Waals surface area contributed by atoms with Gasteiger partial charge in [-0.1, -0.05) is 19.0 Å². The summed E-state index contributed by atoms with van der Waals surface area (Å²) in [6.45, 7) is 7.79. The van der Waals surface area contributed by atoms with Crippen LogP contribution < -0.4 is 11.1 Å². The predicted molar refractivity (Wildman–Crippen MR) is 72.6 cm³/mol. The van der Waals surface area contributed by atoms with Crippen molar-refractivity contribution in [1.29, 1.82) is 0 Å². The zero-order chi connectivity index (χ0) is 13.1. The van der Waals surface area contributed by atoms with Gasteiger partial charge in [0.15, 0.2) is 0 Å². The molecule has 0 saturated carbocycles. The lowest BCUT2D eigenvalue weighted by molar-refractivity contribution is -0.125. The number of hydrogen-bond acceptors (Lipinski definition) is 4. The van der Waals surface area contributed by atoms with Crippen LogP contribution >= 0.6 is 12.4 Å². The van der Waals surface area contributed by atoms with E-state index in [-0.39, 0.29) is 18.3 Å². The minimum atomic E-state index is -0.865. The molecule has 1 heterocycles. The summed E-state index contributed by atoms with van der Waals surface area (Å²) < 4.78 is 5.22. The Morgan fingerprint density at radius 3 is 2.44 bits per heavy atom. The van der Waals surface area contributed by atoms with Crippen LogP contribution in [0.15, 0.2) is 4.52 Å². The highest BCUT2D eigenvalue weighted by atomic mass is 35.5. The van der Waals surface area contributed by atoms with Crippen LogP contribution in [-0.2, 0) is 24.2 Å². The first kappa shape index (κ1) is 16.9. The maximum atomic E-state index is 11.7. The molecule has 0 unspecified atom stereocenters. The van der Waals surface area contributed by atoms with Gasteiger partial charge in [0.05, 0.1) is 11.2 Å². The van der Waals surface area contributed by atoms with E-state index in [0.717, 1.165) is 29.9 Å². The molecule has 0 aliphatic rings.